The van der Waals surface area contributed by atoms with Crippen LogP contribution in [0, 0.1) is 0 Å². The number of benzene rings is 2. The maximum absolute atomic E-state index is 12.4. The van der Waals surface area contributed by atoms with Crippen molar-refractivity contribution in [1.29, 1.82) is 0 Å². The molecule has 0 fully saturated rings. The molecule has 0 spiro atoms. The summed E-state index contributed by atoms with van der Waals surface area (Å²) in [6, 6.07) is 16.8. The summed E-state index contributed by atoms with van der Waals surface area (Å²) in [4.78, 5) is 12.5. The van der Waals surface area contributed by atoms with Crippen molar-refractivity contribution in [2.45, 2.75) is 24.4 Å². The van der Waals surface area contributed by atoms with Crippen LogP contribution in [0.5, 0.6) is 0 Å². The molecule has 0 aliphatic carbocycles. The summed E-state index contributed by atoms with van der Waals surface area (Å²) in [5, 5.41) is 3.97. The van der Waals surface area contributed by atoms with Gasteiger partial charge in [-0.3, -0.25) is 4.79 Å². The molecule has 0 saturated heterocycles. The molecule has 2 aromatic carbocycles. The Morgan fingerprint density at radius 2 is 1.74 bits per heavy atom. The predicted octanol–water partition coefficient (Wildman–Crippen LogP) is 2.60. The zero-order chi connectivity index (χ0) is 19.4. The number of para-hydroxylation sites is 1. The van der Waals surface area contributed by atoms with E-state index in [4.69, 9.17) is 0 Å². The van der Waals surface area contributed by atoms with E-state index in [-0.39, 0.29) is 17.3 Å². The molecule has 3 rings (SSSR count). The molecule has 1 N–H and O–H groups in total. The second-order valence-corrected chi connectivity index (χ2v) is 8.61. The molecule has 0 bridgehead atoms. The molecule has 0 unspecified atom stereocenters. The summed E-state index contributed by atoms with van der Waals surface area (Å²) in [6.45, 7) is 0.742. The van der Waals surface area contributed by atoms with Gasteiger partial charge in [-0.05, 0) is 29.1 Å². The largest absolute Gasteiger partial charge is 0.352 e. The lowest BCUT2D eigenvalue weighted by Gasteiger charge is -2.15. The summed E-state index contributed by atoms with van der Waals surface area (Å²) in [5.74, 6) is -0.121. The minimum absolute atomic E-state index is 0.121. The van der Waals surface area contributed by atoms with Crippen LogP contribution in [-0.2, 0) is 27.9 Å². The lowest BCUT2D eigenvalue weighted by Crippen LogP contribution is -2.27. The summed E-state index contributed by atoms with van der Waals surface area (Å²) >= 11 is 0. The zero-order valence-electron chi connectivity index (χ0n) is 15.4. The van der Waals surface area contributed by atoms with Crippen molar-refractivity contribution in [3.8, 4) is 0 Å². The number of aryl methyl sites for hydroxylation is 1. The highest BCUT2D eigenvalue weighted by Crippen LogP contribution is 2.18. The molecular formula is C20H23N3O3S. The van der Waals surface area contributed by atoms with Crippen LogP contribution < -0.4 is 5.32 Å². The zero-order valence-corrected chi connectivity index (χ0v) is 16.2. The van der Waals surface area contributed by atoms with Crippen LogP contribution in [0.1, 0.15) is 12.0 Å². The Morgan fingerprint density at radius 3 is 2.52 bits per heavy atom. The first-order chi connectivity index (χ1) is 12.9. The molecule has 3 aromatic rings. The van der Waals surface area contributed by atoms with Gasteiger partial charge in [-0.15, -0.1) is 0 Å². The molecule has 27 heavy (non-hydrogen) atoms. The smallest absolute Gasteiger partial charge is 0.242 e. The fraction of sp³-hybridized carbons (Fsp3) is 0.250. The summed E-state index contributed by atoms with van der Waals surface area (Å²) in [6.07, 6.45) is 2.29. The molecule has 0 saturated carbocycles. The van der Waals surface area contributed by atoms with E-state index < -0.39 is 10.0 Å². The molecule has 0 atom stereocenters. The van der Waals surface area contributed by atoms with Crippen molar-refractivity contribution >= 4 is 26.8 Å². The van der Waals surface area contributed by atoms with Crippen LogP contribution in [0.15, 0.2) is 65.7 Å². The van der Waals surface area contributed by atoms with Gasteiger partial charge in [-0.25, -0.2) is 12.7 Å². The second-order valence-electron chi connectivity index (χ2n) is 6.49. The van der Waals surface area contributed by atoms with Crippen molar-refractivity contribution in [3.05, 3.63) is 66.4 Å². The van der Waals surface area contributed by atoms with Crippen molar-refractivity contribution < 1.29 is 13.2 Å². The summed E-state index contributed by atoms with van der Waals surface area (Å²) in [7, 11) is -0.565. The fourth-order valence-corrected chi connectivity index (χ4v) is 4.05. The van der Waals surface area contributed by atoms with Crippen molar-refractivity contribution in [2.75, 3.05) is 14.1 Å². The molecule has 0 aliphatic rings. The second kappa shape index (κ2) is 7.94. The molecule has 1 amide bonds. The third kappa shape index (κ3) is 4.20. The SMILES string of the molecule is CN(C)S(=O)(=O)c1ccccc1CNC(=O)CCn1ccc2ccccc21. The Morgan fingerprint density at radius 1 is 1.04 bits per heavy atom. The number of hydrogen-bond donors (Lipinski definition) is 1. The van der Waals surface area contributed by atoms with E-state index in [9.17, 15) is 13.2 Å². The van der Waals surface area contributed by atoms with Gasteiger partial charge in [0.1, 0.15) is 0 Å². The van der Waals surface area contributed by atoms with Gasteiger partial charge in [0.25, 0.3) is 0 Å². The van der Waals surface area contributed by atoms with Crippen LogP contribution in [0.2, 0.25) is 0 Å². The molecule has 142 valence electrons. The first-order valence-corrected chi connectivity index (χ1v) is 10.1. The number of nitrogens with one attached hydrogen (secondary N) is 1. The minimum Gasteiger partial charge on any atom is -0.352 e. The number of sulfonamides is 1. The maximum atomic E-state index is 12.4. The monoisotopic (exact) mass is 385 g/mol. The number of hydrogen-bond acceptors (Lipinski definition) is 3. The number of fused-ring (bicyclic) bond motifs is 1. The summed E-state index contributed by atoms with van der Waals surface area (Å²) < 4.78 is 28.0. The number of rotatable bonds is 7. The van der Waals surface area contributed by atoms with E-state index >= 15 is 0 Å². The van der Waals surface area contributed by atoms with Crippen molar-refractivity contribution in [2.24, 2.45) is 0 Å². The average molecular weight is 385 g/mol. The Labute approximate surface area is 159 Å². The Hall–Kier alpha value is -2.64. The number of nitrogens with zero attached hydrogens (tertiary/aromatic N) is 2. The van der Waals surface area contributed by atoms with E-state index in [0.717, 1.165) is 10.9 Å². The van der Waals surface area contributed by atoms with Crippen molar-refractivity contribution in [1.82, 2.24) is 14.2 Å². The summed E-state index contributed by atoms with van der Waals surface area (Å²) in [5.41, 5.74) is 1.67. The Kier molecular flexibility index (Phi) is 5.62. The van der Waals surface area contributed by atoms with Gasteiger partial charge in [-0.1, -0.05) is 36.4 Å². The molecule has 0 radical (unpaired) electrons. The van der Waals surface area contributed by atoms with E-state index in [2.05, 4.69) is 5.32 Å². The van der Waals surface area contributed by atoms with Gasteiger partial charge in [0.2, 0.25) is 15.9 Å². The Balaban J connectivity index is 1.63. The third-order valence-electron chi connectivity index (χ3n) is 4.47. The highest BCUT2D eigenvalue weighted by molar-refractivity contribution is 7.89. The van der Waals surface area contributed by atoms with E-state index in [1.54, 1.807) is 24.3 Å². The highest BCUT2D eigenvalue weighted by atomic mass is 32.2. The minimum atomic E-state index is -3.55. The first-order valence-electron chi connectivity index (χ1n) is 8.70. The standard InChI is InChI=1S/C20H23N3O3S/c1-22(2)27(25,26)19-10-6-4-8-17(19)15-21-20(24)12-14-23-13-11-16-7-3-5-9-18(16)23/h3-11,13H,12,14-15H2,1-2H3,(H,21,24). The number of amides is 1. The normalized spacial score (nSPS) is 11.8. The van der Waals surface area contributed by atoms with Gasteiger partial charge in [0.15, 0.2) is 0 Å². The van der Waals surface area contributed by atoms with Gasteiger partial charge in [-0.2, -0.15) is 0 Å². The van der Waals surface area contributed by atoms with Gasteiger partial charge >= 0.3 is 0 Å². The molecule has 7 heteroatoms. The quantitative estimate of drug-likeness (QED) is 0.680. The van der Waals surface area contributed by atoms with E-state index in [0.29, 0.717) is 18.5 Å². The Bertz CT molecular complexity index is 1060. The van der Waals surface area contributed by atoms with Crippen LogP contribution in [0.3, 0.4) is 0 Å². The van der Waals surface area contributed by atoms with Crippen LogP contribution in [-0.4, -0.2) is 37.3 Å². The van der Waals surface area contributed by atoms with Gasteiger partial charge < -0.3 is 9.88 Å². The third-order valence-corrected chi connectivity index (χ3v) is 6.38. The fourth-order valence-electron chi connectivity index (χ4n) is 2.94. The molecular weight excluding hydrogens is 362 g/mol. The highest BCUT2D eigenvalue weighted by Gasteiger charge is 2.20. The van der Waals surface area contributed by atoms with Crippen LogP contribution in [0.25, 0.3) is 10.9 Å². The molecule has 0 aliphatic heterocycles. The molecule has 1 aromatic heterocycles. The lowest BCUT2D eigenvalue weighted by atomic mass is 10.2. The van der Waals surface area contributed by atoms with Crippen molar-refractivity contribution in [3.63, 3.8) is 0 Å². The number of carbonyl (C=O) groups is 1. The molecule has 1 heterocycles. The predicted molar refractivity (Wildman–Crippen MR) is 106 cm³/mol. The topological polar surface area (TPSA) is 71.4 Å². The molecule has 6 nitrogen and oxygen atoms in total. The van der Waals surface area contributed by atoms with Gasteiger partial charge in [0, 0.05) is 45.3 Å². The maximum Gasteiger partial charge on any atom is 0.242 e. The number of carbonyl (C=O) groups excluding carboxylic acids is 1. The number of aromatic nitrogens is 1. The lowest BCUT2D eigenvalue weighted by molar-refractivity contribution is -0.121. The first kappa shape index (κ1) is 19.1. The van der Waals surface area contributed by atoms with E-state index in [1.807, 2.05) is 41.1 Å². The van der Waals surface area contributed by atoms with Crippen LogP contribution >= 0.6 is 0 Å². The average Bonchev–Trinajstić information content (AvgIpc) is 3.08. The van der Waals surface area contributed by atoms with Gasteiger partial charge in [0.05, 0.1) is 4.90 Å². The van der Waals surface area contributed by atoms with Crippen LogP contribution in [0.4, 0.5) is 0 Å². The van der Waals surface area contributed by atoms with E-state index in [1.165, 1.54) is 18.4 Å².